The summed E-state index contributed by atoms with van der Waals surface area (Å²) < 4.78 is 0. The largest absolute Gasteiger partial charge is 0.341 e. The number of aromatic nitrogens is 2. The maximum atomic E-state index is 12.7. The summed E-state index contributed by atoms with van der Waals surface area (Å²) in [7, 11) is 1.71. The molecule has 24 heavy (non-hydrogen) atoms. The van der Waals surface area contributed by atoms with Gasteiger partial charge in [0.2, 0.25) is 5.95 Å². The lowest BCUT2D eigenvalue weighted by Crippen LogP contribution is -2.29. The number of hydrogen-bond acceptors (Lipinski definition) is 4. The van der Waals surface area contributed by atoms with Crippen molar-refractivity contribution < 1.29 is 4.79 Å². The van der Waals surface area contributed by atoms with Gasteiger partial charge in [-0.05, 0) is 31.5 Å². The molecule has 0 fully saturated rings. The predicted octanol–water partition coefficient (Wildman–Crippen LogP) is 3.90. The molecular weight excluding hydrogens is 347 g/mol. The highest BCUT2D eigenvalue weighted by Gasteiger charge is 2.20. The summed E-state index contributed by atoms with van der Waals surface area (Å²) in [6, 6.07) is 7.39. The first-order chi connectivity index (χ1) is 11.5. The molecule has 0 aliphatic rings. The topological polar surface area (TPSA) is 49.3 Å². The van der Waals surface area contributed by atoms with E-state index < -0.39 is 0 Å². The summed E-state index contributed by atoms with van der Waals surface area (Å²) in [6.07, 6.45) is 1.47. The van der Waals surface area contributed by atoms with Crippen LogP contribution in [0.25, 0.3) is 0 Å². The lowest BCUT2D eigenvalue weighted by Gasteiger charge is -2.21. The van der Waals surface area contributed by atoms with Crippen LogP contribution in [0.15, 0.2) is 30.5 Å². The zero-order chi connectivity index (χ0) is 17.7. The molecule has 0 radical (unpaired) electrons. The molecule has 0 bridgehead atoms. The van der Waals surface area contributed by atoms with Gasteiger partial charge < -0.3 is 9.80 Å². The smallest absolute Gasteiger partial charge is 0.274 e. The average molecular weight is 367 g/mol. The van der Waals surface area contributed by atoms with Crippen molar-refractivity contribution >= 4 is 35.1 Å². The van der Waals surface area contributed by atoms with Crippen LogP contribution >= 0.6 is 23.2 Å². The minimum atomic E-state index is -0.254. The maximum absolute atomic E-state index is 12.7. The van der Waals surface area contributed by atoms with Crippen LogP contribution in [0.3, 0.4) is 0 Å². The number of carbonyl (C=O) groups excluding carboxylic acids is 1. The number of anilines is 1. The second-order valence-corrected chi connectivity index (χ2v) is 6.17. The van der Waals surface area contributed by atoms with Gasteiger partial charge in [-0.25, -0.2) is 9.97 Å². The lowest BCUT2D eigenvalue weighted by atomic mass is 10.2. The number of amides is 1. The van der Waals surface area contributed by atoms with E-state index in [1.54, 1.807) is 18.0 Å². The molecule has 5 nitrogen and oxygen atoms in total. The summed E-state index contributed by atoms with van der Waals surface area (Å²) in [6.45, 7) is 5.94. The van der Waals surface area contributed by atoms with Crippen LogP contribution in [-0.2, 0) is 6.54 Å². The standard InChI is InChI=1S/C17H20Cl2N4O/c1-4-23(5-2)17-20-10-14(19)15(21-17)16(24)22(3)11-12-7-6-8-13(18)9-12/h6-10H,4-5,11H2,1-3H3. The summed E-state index contributed by atoms with van der Waals surface area (Å²) in [5.74, 6) is 0.250. The molecule has 0 saturated carbocycles. The van der Waals surface area contributed by atoms with Gasteiger partial charge >= 0.3 is 0 Å². The predicted molar refractivity (Wildman–Crippen MR) is 97.9 cm³/mol. The highest BCUT2D eigenvalue weighted by molar-refractivity contribution is 6.33. The van der Waals surface area contributed by atoms with E-state index in [0.29, 0.717) is 17.5 Å². The molecule has 128 valence electrons. The Bertz CT molecular complexity index is 719. The molecule has 0 saturated heterocycles. The lowest BCUT2D eigenvalue weighted by molar-refractivity contribution is 0.0779. The van der Waals surface area contributed by atoms with Gasteiger partial charge in [0, 0.05) is 31.7 Å². The molecule has 0 aliphatic heterocycles. The van der Waals surface area contributed by atoms with Gasteiger partial charge in [0.15, 0.2) is 5.69 Å². The van der Waals surface area contributed by atoms with Crippen molar-refractivity contribution in [2.75, 3.05) is 25.0 Å². The van der Waals surface area contributed by atoms with Gasteiger partial charge in [0.25, 0.3) is 5.91 Å². The van der Waals surface area contributed by atoms with E-state index in [0.717, 1.165) is 18.7 Å². The summed E-state index contributed by atoms with van der Waals surface area (Å²) >= 11 is 12.1. The van der Waals surface area contributed by atoms with Crippen molar-refractivity contribution in [3.8, 4) is 0 Å². The first kappa shape index (κ1) is 18.5. The third kappa shape index (κ3) is 4.36. The molecule has 1 amide bonds. The molecule has 1 aromatic heterocycles. The Hall–Kier alpha value is -1.85. The molecular formula is C17H20Cl2N4O. The van der Waals surface area contributed by atoms with Crippen LogP contribution in [0, 0.1) is 0 Å². The molecule has 0 spiro atoms. The second kappa shape index (κ2) is 8.31. The van der Waals surface area contributed by atoms with Crippen LogP contribution in [0.2, 0.25) is 10.0 Å². The third-order valence-electron chi connectivity index (χ3n) is 3.64. The van der Waals surface area contributed by atoms with Crippen molar-refractivity contribution in [2.24, 2.45) is 0 Å². The maximum Gasteiger partial charge on any atom is 0.274 e. The van der Waals surface area contributed by atoms with E-state index in [1.807, 2.05) is 36.9 Å². The number of nitrogens with zero attached hydrogens (tertiary/aromatic N) is 4. The quantitative estimate of drug-likeness (QED) is 0.777. The minimum Gasteiger partial charge on any atom is -0.341 e. The van der Waals surface area contributed by atoms with E-state index in [4.69, 9.17) is 23.2 Å². The number of hydrogen-bond donors (Lipinski definition) is 0. The van der Waals surface area contributed by atoms with Crippen LogP contribution in [0.5, 0.6) is 0 Å². The molecule has 0 atom stereocenters. The van der Waals surface area contributed by atoms with E-state index in [9.17, 15) is 4.79 Å². The van der Waals surface area contributed by atoms with Crippen molar-refractivity contribution in [2.45, 2.75) is 20.4 Å². The summed E-state index contributed by atoms with van der Waals surface area (Å²) in [5.41, 5.74) is 1.14. The van der Waals surface area contributed by atoms with Gasteiger partial charge in [-0.1, -0.05) is 35.3 Å². The molecule has 2 rings (SSSR count). The van der Waals surface area contributed by atoms with Gasteiger partial charge in [0.05, 0.1) is 11.2 Å². The van der Waals surface area contributed by atoms with E-state index in [2.05, 4.69) is 9.97 Å². The van der Waals surface area contributed by atoms with Crippen LogP contribution in [0.1, 0.15) is 29.9 Å². The fourth-order valence-electron chi connectivity index (χ4n) is 2.33. The van der Waals surface area contributed by atoms with Crippen molar-refractivity contribution in [1.29, 1.82) is 0 Å². The van der Waals surface area contributed by atoms with Gasteiger partial charge in [-0.15, -0.1) is 0 Å². The normalized spacial score (nSPS) is 10.5. The van der Waals surface area contributed by atoms with Crippen LogP contribution in [0.4, 0.5) is 5.95 Å². The summed E-state index contributed by atoms with van der Waals surface area (Å²) in [4.78, 5) is 24.8. The van der Waals surface area contributed by atoms with E-state index in [-0.39, 0.29) is 16.6 Å². The number of carbonyl (C=O) groups is 1. The van der Waals surface area contributed by atoms with E-state index >= 15 is 0 Å². The molecule has 7 heteroatoms. The number of benzene rings is 1. The molecule has 2 aromatic rings. The fourth-order valence-corrected chi connectivity index (χ4v) is 2.71. The minimum absolute atomic E-state index is 0.207. The van der Waals surface area contributed by atoms with Crippen LogP contribution in [-0.4, -0.2) is 40.9 Å². The molecule has 0 unspecified atom stereocenters. The molecule has 1 aromatic carbocycles. The zero-order valence-electron chi connectivity index (χ0n) is 14.0. The molecule has 0 aliphatic carbocycles. The zero-order valence-corrected chi connectivity index (χ0v) is 15.5. The van der Waals surface area contributed by atoms with Gasteiger partial charge in [-0.2, -0.15) is 0 Å². The highest BCUT2D eigenvalue weighted by Crippen LogP contribution is 2.19. The Morgan fingerprint density at radius 1 is 1.21 bits per heavy atom. The Labute approximate surface area is 152 Å². The average Bonchev–Trinajstić information content (AvgIpc) is 2.56. The fraction of sp³-hybridized carbons (Fsp3) is 0.353. The summed E-state index contributed by atoms with van der Waals surface area (Å²) in [5, 5.41) is 0.881. The monoisotopic (exact) mass is 366 g/mol. The Balaban J connectivity index is 2.23. The Morgan fingerprint density at radius 2 is 1.92 bits per heavy atom. The van der Waals surface area contributed by atoms with Gasteiger partial charge in [-0.3, -0.25) is 4.79 Å². The number of halogens is 2. The second-order valence-electron chi connectivity index (χ2n) is 5.33. The van der Waals surface area contributed by atoms with Crippen molar-refractivity contribution in [1.82, 2.24) is 14.9 Å². The highest BCUT2D eigenvalue weighted by atomic mass is 35.5. The van der Waals surface area contributed by atoms with Crippen LogP contribution < -0.4 is 4.90 Å². The molecule has 1 heterocycles. The SMILES string of the molecule is CCN(CC)c1ncc(Cl)c(C(=O)N(C)Cc2cccc(Cl)c2)n1. The first-order valence-corrected chi connectivity index (χ1v) is 8.49. The van der Waals surface area contributed by atoms with E-state index in [1.165, 1.54) is 6.20 Å². The molecule has 0 N–H and O–H groups in total. The van der Waals surface area contributed by atoms with Crippen molar-refractivity contribution in [3.05, 3.63) is 51.8 Å². The van der Waals surface area contributed by atoms with Crippen molar-refractivity contribution in [3.63, 3.8) is 0 Å². The third-order valence-corrected chi connectivity index (χ3v) is 4.15. The first-order valence-electron chi connectivity index (χ1n) is 7.73. The van der Waals surface area contributed by atoms with Gasteiger partial charge in [0.1, 0.15) is 0 Å². The number of rotatable bonds is 6. The Kier molecular flexibility index (Phi) is 6.40. The Morgan fingerprint density at radius 3 is 2.54 bits per heavy atom.